The van der Waals surface area contributed by atoms with Gasteiger partial charge in [0.2, 0.25) is 0 Å². The van der Waals surface area contributed by atoms with Crippen LogP contribution in [-0.4, -0.2) is 14.9 Å². The lowest BCUT2D eigenvalue weighted by Gasteiger charge is -2.04. The van der Waals surface area contributed by atoms with Crippen LogP contribution in [0.1, 0.15) is 17.0 Å². The summed E-state index contributed by atoms with van der Waals surface area (Å²) in [6, 6.07) is 8.24. The molecule has 3 aromatic rings. The van der Waals surface area contributed by atoms with E-state index < -0.39 is 0 Å². The summed E-state index contributed by atoms with van der Waals surface area (Å²) in [7, 11) is 0. The number of nitrogens with two attached hydrogens (primary N) is 1. The molecule has 0 fully saturated rings. The van der Waals surface area contributed by atoms with E-state index in [0.717, 1.165) is 22.5 Å². The Morgan fingerprint density at radius 2 is 2.17 bits per heavy atom. The number of benzene rings is 1. The van der Waals surface area contributed by atoms with E-state index in [2.05, 4.69) is 33.1 Å². The molecule has 2 aromatic heterocycles. The zero-order valence-electron chi connectivity index (χ0n) is 10.1. The summed E-state index contributed by atoms with van der Waals surface area (Å²) in [4.78, 5) is 0. The minimum absolute atomic E-state index is 0.548. The second-order valence-electron chi connectivity index (χ2n) is 4.29. The van der Waals surface area contributed by atoms with Gasteiger partial charge in [-0.15, -0.1) is 0 Å². The first-order valence-electron chi connectivity index (χ1n) is 5.84. The van der Waals surface area contributed by atoms with E-state index in [9.17, 15) is 0 Å². The Labute approximate surface area is 104 Å². The predicted molar refractivity (Wildman–Crippen MR) is 68.0 cm³/mol. The summed E-state index contributed by atoms with van der Waals surface area (Å²) in [5.74, 6) is 0. The molecule has 0 aliphatic heterocycles. The average molecular weight is 242 g/mol. The lowest BCUT2D eigenvalue weighted by Crippen LogP contribution is -2.01. The van der Waals surface area contributed by atoms with Gasteiger partial charge in [-0.3, -0.25) is 0 Å². The normalized spacial score (nSPS) is 11.2. The van der Waals surface area contributed by atoms with Gasteiger partial charge in [0.25, 0.3) is 0 Å². The number of aromatic nitrogens is 3. The summed E-state index contributed by atoms with van der Waals surface area (Å²) >= 11 is 0. The molecule has 1 aromatic carbocycles. The van der Waals surface area contributed by atoms with Crippen molar-refractivity contribution in [2.24, 2.45) is 5.73 Å². The molecule has 0 atom stereocenters. The quantitative estimate of drug-likeness (QED) is 0.760. The van der Waals surface area contributed by atoms with Gasteiger partial charge in [-0.25, -0.2) is 4.63 Å². The van der Waals surface area contributed by atoms with Crippen LogP contribution in [0, 0.1) is 6.92 Å². The molecule has 0 bridgehead atoms. The summed E-state index contributed by atoms with van der Waals surface area (Å²) in [6.45, 7) is 3.10. The van der Waals surface area contributed by atoms with E-state index in [1.54, 1.807) is 0 Å². The molecule has 3 rings (SSSR count). The monoisotopic (exact) mass is 242 g/mol. The third kappa shape index (κ3) is 1.69. The van der Waals surface area contributed by atoms with Gasteiger partial charge < -0.3 is 10.3 Å². The second kappa shape index (κ2) is 4.27. The van der Waals surface area contributed by atoms with E-state index in [0.29, 0.717) is 13.1 Å². The largest absolute Gasteiger partial charge is 0.341 e. The van der Waals surface area contributed by atoms with Crippen LogP contribution in [0.4, 0.5) is 0 Å². The first-order chi connectivity index (χ1) is 8.79. The summed E-state index contributed by atoms with van der Waals surface area (Å²) in [6.07, 6.45) is 2.04. The fraction of sp³-hybridized carbons (Fsp3) is 0.231. The molecule has 0 aliphatic carbocycles. The Kier molecular flexibility index (Phi) is 2.60. The van der Waals surface area contributed by atoms with Crippen molar-refractivity contribution in [1.29, 1.82) is 0 Å². The first kappa shape index (κ1) is 11.0. The molecule has 0 unspecified atom stereocenters. The number of nitrogens with zero attached hydrogens (tertiary/aromatic N) is 3. The van der Waals surface area contributed by atoms with Crippen molar-refractivity contribution in [2.75, 3.05) is 0 Å². The highest BCUT2D eigenvalue weighted by Gasteiger charge is 2.09. The minimum atomic E-state index is 0.548. The Bertz CT molecular complexity index is 683. The summed E-state index contributed by atoms with van der Waals surface area (Å²) < 4.78 is 6.84. The number of rotatable bonds is 3. The zero-order valence-corrected chi connectivity index (χ0v) is 10.1. The molecule has 0 amide bonds. The van der Waals surface area contributed by atoms with Crippen LogP contribution >= 0.6 is 0 Å². The molecule has 92 valence electrons. The topological polar surface area (TPSA) is 69.9 Å². The summed E-state index contributed by atoms with van der Waals surface area (Å²) in [5, 5.41) is 8.89. The van der Waals surface area contributed by atoms with Gasteiger partial charge in [0.1, 0.15) is 11.4 Å². The van der Waals surface area contributed by atoms with Gasteiger partial charge in [-0.05, 0) is 24.6 Å². The minimum Gasteiger partial charge on any atom is -0.341 e. The lowest BCUT2D eigenvalue weighted by atomic mass is 10.1. The Hall–Kier alpha value is -2.14. The lowest BCUT2D eigenvalue weighted by molar-refractivity contribution is 0.300. The fourth-order valence-corrected chi connectivity index (χ4v) is 2.16. The van der Waals surface area contributed by atoms with E-state index in [4.69, 9.17) is 10.4 Å². The second-order valence-corrected chi connectivity index (χ2v) is 4.29. The van der Waals surface area contributed by atoms with Gasteiger partial charge in [-0.2, -0.15) is 0 Å². The van der Waals surface area contributed by atoms with Crippen LogP contribution in [0.5, 0.6) is 0 Å². The molecule has 0 radical (unpaired) electrons. The van der Waals surface area contributed by atoms with Crippen molar-refractivity contribution < 1.29 is 4.63 Å². The molecular weight excluding hydrogens is 228 g/mol. The van der Waals surface area contributed by atoms with E-state index in [1.807, 2.05) is 19.2 Å². The maximum atomic E-state index is 5.74. The Morgan fingerprint density at radius 3 is 2.89 bits per heavy atom. The van der Waals surface area contributed by atoms with Crippen LogP contribution < -0.4 is 5.73 Å². The maximum absolute atomic E-state index is 5.74. The Morgan fingerprint density at radius 1 is 1.28 bits per heavy atom. The third-order valence-electron chi connectivity index (χ3n) is 3.19. The molecule has 5 heteroatoms. The van der Waals surface area contributed by atoms with Crippen LogP contribution in [0.2, 0.25) is 0 Å². The number of hydrogen-bond acceptors (Lipinski definition) is 4. The molecule has 2 heterocycles. The predicted octanol–water partition coefficient (Wildman–Crippen LogP) is 1.84. The van der Waals surface area contributed by atoms with Crippen LogP contribution in [0.25, 0.3) is 10.9 Å². The van der Waals surface area contributed by atoms with Gasteiger partial charge in [0.05, 0.1) is 6.54 Å². The third-order valence-corrected chi connectivity index (χ3v) is 3.19. The van der Waals surface area contributed by atoms with E-state index in [1.165, 1.54) is 5.39 Å². The van der Waals surface area contributed by atoms with Gasteiger partial charge in [-0.1, -0.05) is 22.4 Å². The number of aryl methyl sites for hydroxylation is 1. The summed E-state index contributed by atoms with van der Waals surface area (Å²) in [5.41, 5.74) is 9.72. The van der Waals surface area contributed by atoms with Crippen molar-refractivity contribution in [3.8, 4) is 0 Å². The highest BCUT2D eigenvalue weighted by atomic mass is 16.6. The highest BCUT2D eigenvalue weighted by Crippen LogP contribution is 2.21. The molecule has 0 spiro atoms. The van der Waals surface area contributed by atoms with Gasteiger partial charge in [0, 0.05) is 23.6 Å². The standard InChI is InChI=1S/C13H14N4O/c1-9-12(16-18-15-9)8-17-6-5-11-10(7-14)3-2-4-13(11)17/h2-6H,7-8,14H2,1H3. The van der Waals surface area contributed by atoms with Crippen LogP contribution in [-0.2, 0) is 13.1 Å². The average Bonchev–Trinajstić information content (AvgIpc) is 2.97. The molecule has 0 aliphatic rings. The Balaban J connectivity index is 2.06. The zero-order chi connectivity index (χ0) is 12.5. The SMILES string of the molecule is Cc1nonc1Cn1ccc2c(CN)cccc21. The molecule has 5 nitrogen and oxygen atoms in total. The van der Waals surface area contributed by atoms with Crippen molar-refractivity contribution in [1.82, 2.24) is 14.9 Å². The molecule has 18 heavy (non-hydrogen) atoms. The molecule has 2 N–H and O–H groups in total. The molecule has 0 saturated carbocycles. The molecule has 0 saturated heterocycles. The van der Waals surface area contributed by atoms with Crippen molar-refractivity contribution in [3.63, 3.8) is 0 Å². The van der Waals surface area contributed by atoms with Crippen molar-refractivity contribution >= 4 is 10.9 Å². The fourth-order valence-electron chi connectivity index (χ4n) is 2.16. The van der Waals surface area contributed by atoms with Gasteiger partial charge >= 0.3 is 0 Å². The van der Waals surface area contributed by atoms with Crippen molar-refractivity contribution in [3.05, 3.63) is 47.4 Å². The van der Waals surface area contributed by atoms with E-state index >= 15 is 0 Å². The molecular formula is C13H14N4O. The number of hydrogen-bond donors (Lipinski definition) is 1. The first-order valence-corrected chi connectivity index (χ1v) is 5.84. The van der Waals surface area contributed by atoms with Gasteiger partial charge in [0.15, 0.2) is 0 Å². The maximum Gasteiger partial charge on any atom is 0.127 e. The highest BCUT2D eigenvalue weighted by molar-refractivity contribution is 5.83. The number of fused-ring (bicyclic) bond motifs is 1. The van der Waals surface area contributed by atoms with Crippen LogP contribution in [0.3, 0.4) is 0 Å². The van der Waals surface area contributed by atoms with E-state index in [-0.39, 0.29) is 0 Å². The smallest absolute Gasteiger partial charge is 0.127 e. The van der Waals surface area contributed by atoms with Crippen molar-refractivity contribution in [2.45, 2.75) is 20.0 Å². The van der Waals surface area contributed by atoms with Crippen LogP contribution in [0.15, 0.2) is 35.1 Å².